The molecule has 7 heteroatoms. The normalized spacial score (nSPS) is 9.79. The number of urea groups is 1. The number of rotatable bonds is 5. The second-order valence-corrected chi connectivity index (χ2v) is 4.00. The highest BCUT2D eigenvalue weighted by atomic mass is 35.5. The van der Waals surface area contributed by atoms with Gasteiger partial charge >= 0.3 is 12.0 Å². The third-order valence-corrected chi connectivity index (χ3v) is 2.45. The predicted molar refractivity (Wildman–Crippen MR) is 69.8 cm³/mol. The zero-order valence-electron chi connectivity index (χ0n) is 9.90. The van der Waals surface area contributed by atoms with Crippen LogP contribution in [0.15, 0.2) is 30.9 Å². The lowest BCUT2D eigenvalue weighted by Crippen LogP contribution is -2.39. The molecule has 0 bridgehead atoms. The van der Waals surface area contributed by atoms with Gasteiger partial charge < -0.3 is 15.3 Å². The minimum absolute atomic E-state index is 0.0281. The highest BCUT2D eigenvalue weighted by molar-refractivity contribution is 6.31. The highest BCUT2D eigenvalue weighted by Crippen LogP contribution is 2.22. The molecule has 0 saturated carbocycles. The number of halogens is 2. The Bertz CT molecular complexity index is 508. The van der Waals surface area contributed by atoms with Gasteiger partial charge in [-0.25, -0.2) is 9.18 Å². The molecular weight excluding hydrogens is 275 g/mol. The molecule has 0 heterocycles. The van der Waals surface area contributed by atoms with E-state index in [-0.39, 0.29) is 17.3 Å². The summed E-state index contributed by atoms with van der Waals surface area (Å²) < 4.78 is 13.6. The van der Waals surface area contributed by atoms with Crippen LogP contribution in [-0.4, -0.2) is 35.1 Å². The van der Waals surface area contributed by atoms with Crippen LogP contribution in [-0.2, 0) is 4.79 Å². The maximum atomic E-state index is 13.6. The number of nitrogens with zero attached hydrogens (tertiary/aromatic N) is 1. The molecule has 0 unspecified atom stereocenters. The minimum Gasteiger partial charge on any atom is -0.480 e. The van der Waals surface area contributed by atoms with E-state index in [9.17, 15) is 14.0 Å². The van der Waals surface area contributed by atoms with E-state index in [1.807, 2.05) is 0 Å². The fraction of sp³-hybridized carbons (Fsp3) is 0.167. The van der Waals surface area contributed by atoms with Crippen LogP contribution in [0.3, 0.4) is 0 Å². The molecule has 0 fully saturated rings. The Morgan fingerprint density at radius 3 is 2.79 bits per heavy atom. The van der Waals surface area contributed by atoms with Crippen LogP contribution in [0.5, 0.6) is 0 Å². The van der Waals surface area contributed by atoms with Gasteiger partial charge in [-0.2, -0.15) is 0 Å². The van der Waals surface area contributed by atoms with Gasteiger partial charge in [0.25, 0.3) is 0 Å². The minimum atomic E-state index is -1.18. The van der Waals surface area contributed by atoms with Crippen LogP contribution in [0.2, 0.25) is 5.02 Å². The molecule has 0 aliphatic heterocycles. The number of carbonyl (C=O) groups excluding carboxylic acids is 1. The Hall–Kier alpha value is -2.08. The summed E-state index contributed by atoms with van der Waals surface area (Å²) >= 11 is 5.57. The van der Waals surface area contributed by atoms with Crippen molar-refractivity contribution in [2.45, 2.75) is 0 Å². The second kappa shape index (κ2) is 6.75. The summed E-state index contributed by atoms with van der Waals surface area (Å²) in [5.74, 6) is -1.95. The summed E-state index contributed by atoms with van der Waals surface area (Å²) in [6.07, 6.45) is 1.37. The lowest BCUT2D eigenvalue weighted by Gasteiger charge is -2.19. The lowest BCUT2D eigenvalue weighted by atomic mass is 10.3. The third-order valence-electron chi connectivity index (χ3n) is 2.16. The molecule has 19 heavy (non-hydrogen) atoms. The number of benzene rings is 1. The van der Waals surface area contributed by atoms with Gasteiger partial charge in [0.05, 0.1) is 10.7 Å². The Morgan fingerprint density at radius 2 is 2.21 bits per heavy atom. The zero-order chi connectivity index (χ0) is 14.4. The predicted octanol–water partition coefficient (Wildman–Crippen LogP) is 2.58. The summed E-state index contributed by atoms with van der Waals surface area (Å²) in [6.45, 7) is 2.93. The lowest BCUT2D eigenvalue weighted by molar-refractivity contribution is -0.137. The van der Waals surface area contributed by atoms with E-state index in [2.05, 4.69) is 11.9 Å². The van der Waals surface area contributed by atoms with Crippen molar-refractivity contribution in [1.29, 1.82) is 0 Å². The highest BCUT2D eigenvalue weighted by Gasteiger charge is 2.17. The van der Waals surface area contributed by atoms with E-state index in [1.165, 1.54) is 24.3 Å². The fourth-order valence-electron chi connectivity index (χ4n) is 1.33. The smallest absolute Gasteiger partial charge is 0.323 e. The molecule has 1 aromatic rings. The van der Waals surface area contributed by atoms with E-state index in [4.69, 9.17) is 16.7 Å². The van der Waals surface area contributed by atoms with Crippen molar-refractivity contribution in [3.05, 3.63) is 41.7 Å². The van der Waals surface area contributed by atoms with Gasteiger partial charge in [0.1, 0.15) is 6.54 Å². The standard InChI is InChI=1S/C12H12ClFN2O3/c1-2-6-16(7-10(17)18)12(19)15-9-5-3-4-8(13)11(9)14/h2-5H,1,6-7H2,(H,15,19)(H,17,18). The number of carbonyl (C=O) groups is 2. The Balaban J connectivity index is 2.83. The van der Waals surface area contributed by atoms with Gasteiger partial charge in [-0.15, -0.1) is 6.58 Å². The van der Waals surface area contributed by atoms with Gasteiger partial charge in [0.15, 0.2) is 5.82 Å². The van der Waals surface area contributed by atoms with Gasteiger partial charge in [0, 0.05) is 6.54 Å². The van der Waals surface area contributed by atoms with Crippen LogP contribution in [0.25, 0.3) is 0 Å². The van der Waals surface area contributed by atoms with Crippen molar-refractivity contribution < 1.29 is 19.1 Å². The molecule has 0 aromatic heterocycles. The fourth-order valence-corrected chi connectivity index (χ4v) is 1.51. The largest absolute Gasteiger partial charge is 0.480 e. The summed E-state index contributed by atoms with van der Waals surface area (Å²) in [5, 5.41) is 10.8. The average Bonchev–Trinajstić information content (AvgIpc) is 2.34. The second-order valence-electron chi connectivity index (χ2n) is 3.59. The first kappa shape index (κ1) is 15.0. The Morgan fingerprint density at radius 1 is 1.53 bits per heavy atom. The molecule has 0 aliphatic carbocycles. The average molecular weight is 287 g/mol. The van der Waals surface area contributed by atoms with Crippen LogP contribution in [0.1, 0.15) is 0 Å². The Labute approximate surface area is 114 Å². The molecule has 5 nitrogen and oxygen atoms in total. The zero-order valence-corrected chi connectivity index (χ0v) is 10.7. The molecule has 0 aliphatic rings. The van der Waals surface area contributed by atoms with Crippen LogP contribution >= 0.6 is 11.6 Å². The van der Waals surface area contributed by atoms with Crippen molar-refractivity contribution in [3.63, 3.8) is 0 Å². The molecule has 0 spiro atoms. The van der Waals surface area contributed by atoms with Crippen molar-refractivity contribution >= 4 is 29.3 Å². The third kappa shape index (κ3) is 4.26. The van der Waals surface area contributed by atoms with E-state index < -0.39 is 24.4 Å². The van der Waals surface area contributed by atoms with Crippen LogP contribution in [0.4, 0.5) is 14.9 Å². The van der Waals surface area contributed by atoms with Crippen molar-refractivity contribution in [1.82, 2.24) is 4.90 Å². The number of hydrogen-bond acceptors (Lipinski definition) is 2. The number of carboxylic acids is 1. The quantitative estimate of drug-likeness (QED) is 0.817. The SMILES string of the molecule is C=CCN(CC(=O)O)C(=O)Nc1cccc(Cl)c1F. The first-order valence-electron chi connectivity index (χ1n) is 5.28. The van der Waals surface area contributed by atoms with Gasteiger partial charge in [-0.1, -0.05) is 23.7 Å². The van der Waals surface area contributed by atoms with Crippen molar-refractivity contribution in [2.24, 2.45) is 0 Å². The van der Waals surface area contributed by atoms with Crippen molar-refractivity contribution in [2.75, 3.05) is 18.4 Å². The van der Waals surface area contributed by atoms with E-state index >= 15 is 0 Å². The molecule has 0 saturated heterocycles. The number of anilines is 1. The maximum absolute atomic E-state index is 13.6. The molecule has 2 N–H and O–H groups in total. The first-order valence-corrected chi connectivity index (χ1v) is 5.66. The van der Waals surface area contributed by atoms with Gasteiger partial charge in [-0.05, 0) is 12.1 Å². The van der Waals surface area contributed by atoms with E-state index in [0.29, 0.717) is 0 Å². The summed E-state index contributed by atoms with van der Waals surface area (Å²) in [5.41, 5.74) is -0.114. The van der Waals surface area contributed by atoms with E-state index in [0.717, 1.165) is 4.90 Å². The topological polar surface area (TPSA) is 69.6 Å². The van der Waals surface area contributed by atoms with Crippen LogP contribution < -0.4 is 5.32 Å². The summed E-state index contributed by atoms with van der Waals surface area (Å²) in [6, 6.07) is 3.39. The summed E-state index contributed by atoms with van der Waals surface area (Å²) in [4.78, 5) is 23.4. The van der Waals surface area contributed by atoms with Crippen LogP contribution in [0, 0.1) is 5.82 Å². The number of amides is 2. The maximum Gasteiger partial charge on any atom is 0.323 e. The molecule has 0 atom stereocenters. The monoisotopic (exact) mass is 286 g/mol. The number of carboxylic acid groups (broad SMARTS) is 1. The first-order chi connectivity index (χ1) is 8.95. The number of hydrogen-bond donors (Lipinski definition) is 2. The van der Waals surface area contributed by atoms with E-state index in [1.54, 1.807) is 0 Å². The summed E-state index contributed by atoms with van der Waals surface area (Å²) in [7, 11) is 0. The number of aliphatic carboxylic acids is 1. The van der Waals surface area contributed by atoms with Gasteiger partial charge in [-0.3, -0.25) is 4.79 Å². The Kier molecular flexibility index (Phi) is 5.32. The van der Waals surface area contributed by atoms with Crippen molar-refractivity contribution in [3.8, 4) is 0 Å². The number of nitrogens with one attached hydrogen (secondary N) is 1. The molecule has 1 rings (SSSR count). The van der Waals surface area contributed by atoms with Gasteiger partial charge in [0.2, 0.25) is 0 Å². The molecule has 102 valence electrons. The molecule has 1 aromatic carbocycles. The molecule has 2 amide bonds. The molecular formula is C12H12ClFN2O3. The molecule has 0 radical (unpaired) electrons.